The van der Waals surface area contributed by atoms with Crippen LogP contribution in [0.2, 0.25) is 0 Å². The molecule has 2 aliphatic carbocycles. The molecule has 0 aromatic carbocycles. The Bertz CT molecular complexity index is 494. The Hall–Kier alpha value is -0.590. The van der Waals surface area contributed by atoms with Crippen LogP contribution in [0.3, 0.4) is 0 Å². The van der Waals surface area contributed by atoms with Gasteiger partial charge in [0.15, 0.2) is 0 Å². The largest absolute Gasteiger partial charge is 0.354 e. The van der Waals surface area contributed by atoms with Crippen molar-refractivity contribution in [1.29, 1.82) is 0 Å². The van der Waals surface area contributed by atoms with Crippen molar-refractivity contribution in [2.45, 2.75) is 44.1 Å². The smallest absolute Gasteiger partial charge is 0.241 e. The van der Waals surface area contributed by atoms with Crippen molar-refractivity contribution in [2.75, 3.05) is 12.3 Å². The highest BCUT2D eigenvalue weighted by Crippen LogP contribution is 2.32. The lowest BCUT2D eigenvalue weighted by atomic mass is 9.98. The fourth-order valence-corrected chi connectivity index (χ4v) is 4.43. The zero-order chi connectivity index (χ0) is 14.8. The van der Waals surface area contributed by atoms with Crippen LogP contribution in [-0.4, -0.2) is 32.2 Å². The Balaban J connectivity index is 2.04. The highest BCUT2D eigenvalue weighted by Gasteiger charge is 2.44. The number of nitrogens with one attached hydrogen (secondary N) is 2. The summed E-state index contributed by atoms with van der Waals surface area (Å²) < 4.78 is 26.6. The first kappa shape index (κ1) is 15.8. The van der Waals surface area contributed by atoms with Gasteiger partial charge in [0.2, 0.25) is 15.9 Å². The number of amides is 1. The van der Waals surface area contributed by atoms with E-state index in [-0.39, 0.29) is 16.7 Å². The molecule has 2 saturated carbocycles. The van der Waals surface area contributed by atoms with Crippen LogP contribution < -0.4 is 10.0 Å². The van der Waals surface area contributed by atoms with E-state index in [0.29, 0.717) is 25.3 Å². The number of carbonyl (C=O) groups excluding carboxylic acids is 1. The monoisotopic (exact) mass is 320 g/mol. The van der Waals surface area contributed by atoms with Gasteiger partial charge in [-0.2, -0.15) is 4.72 Å². The van der Waals surface area contributed by atoms with Gasteiger partial charge in [0, 0.05) is 11.6 Å². The van der Waals surface area contributed by atoms with Gasteiger partial charge in [-0.05, 0) is 31.6 Å². The van der Waals surface area contributed by atoms with Gasteiger partial charge < -0.3 is 5.32 Å². The topological polar surface area (TPSA) is 75.3 Å². The van der Waals surface area contributed by atoms with Gasteiger partial charge in [0.25, 0.3) is 0 Å². The van der Waals surface area contributed by atoms with E-state index in [1.165, 1.54) is 0 Å². The highest BCUT2D eigenvalue weighted by molar-refractivity contribution is 7.89. The summed E-state index contributed by atoms with van der Waals surface area (Å²) in [6.07, 6.45) is 5.06. The summed E-state index contributed by atoms with van der Waals surface area (Å²) in [5.74, 6) is 0.00828. The van der Waals surface area contributed by atoms with Crippen LogP contribution >= 0.6 is 11.6 Å². The zero-order valence-electron chi connectivity index (χ0n) is 11.5. The van der Waals surface area contributed by atoms with E-state index in [1.54, 1.807) is 0 Å². The van der Waals surface area contributed by atoms with Gasteiger partial charge in [-0.15, -0.1) is 0 Å². The summed E-state index contributed by atoms with van der Waals surface area (Å²) >= 11 is 5.57. The third kappa shape index (κ3) is 4.20. The van der Waals surface area contributed by atoms with Crippen LogP contribution in [0.5, 0.6) is 0 Å². The van der Waals surface area contributed by atoms with Crippen LogP contribution in [0.15, 0.2) is 11.6 Å². The molecule has 0 saturated heterocycles. The van der Waals surface area contributed by atoms with Crippen molar-refractivity contribution in [3.8, 4) is 0 Å². The minimum atomic E-state index is -3.63. The van der Waals surface area contributed by atoms with Gasteiger partial charge in [-0.3, -0.25) is 4.79 Å². The Morgan fingerprint density at radius 1 is 1.30 bits per heavy atom. The van der Waals surface area contributed by atoms with Gasteiger partial charge in [-0.25, -0.2) is 8.42 Å². The molecule has 7 heteroatoms. The van der Waals surface area contributed by atoms with Gasteiger partial charge in [0.1, 0.15) is 5.54 Å². The van der Waals surface area contributed by atoms with Crippen molar-refractivity contribution in [3.63, 3.8) is 0 Å². The van der Waals surface area contributed by atoms with Crippen molar-refractivity contribution in [3.05, 3.63) is 11.6 Å². The molecule has 0 bridgehead atoms. The fraction of sp³-hybridized carbons (Fsp3) is 0.769. The van der Waals surface area contributed by atoms with Gasteiger partial charge in [0.05, 0.1) is 5.75 Å². The normalized spacial score (nSPS) is 21.6. The fourth-order valence-electron chi connectivity index (χ4n) is 2.62. The molecule has 0 radical (unpaired) electrons. The molecule has 1 amide bonds. The lowest BCUT2D eigenvalue weighted by molar-refractivity contribution is -0.126. The Morgan fingerprint density at radius 3 is 2.40 bits per heavy atom. The number of hydrogen-bond donors (Lipinski definition) is 2. The summed E-state index contributed by atoms with van der Waals surface area (Å²) in [5, 5.41) is 2.93. The molecule has 0 spiro atoms. The molecule has 2 rings (SSSR count). The molecule has 20 heavy (non-hydrogen) atoms. The van der Waals surface area contributed by atoms with Crippen molar-refractivity contribution in [2.24, 2.45) is 5.92 Å². The summed E-state index contributed by atoms with van der Waals surface area (Å²) in [6, 6.07) is 0. The van der Waals surface area contributed by atoms with Crippen LogP contribution in [0.1, 0.15) is 38.5 Å². The molecule has 2 N–H and O–H groups in total. The molecule has 0 aromatic heterocycles. The summed E-state index contributed by atoms with van der Waals surface area (Å²) in [7, 11) is -3.63. The second-order valence-electron chi connectivity index (χ2n) is 5.82. The molecule has 0 heterocycles. The van der Waals surface area contributed by atoms with Crippen LogP contribution in [0, 0.1) is 5.92 Å². The maximum atomic E-state index is 12.4. The Morgan fingerprint density at radius 2 is 1.90 bits per heavy atom. The highest BCUT2D eigenvalue weighted by atomic mass is 35.5. The summed E-state index contributed by atoms with van der Waals surface area (Å²) in [5.41, 5.74) is -1.000. The quantitative estimate of drug-likeness (QED) is 0.746. The van der Waals surface area contributed by atoms with E-state index in [9.17, 15) is 13.2 Å². The molecule has 0 aliphatic heterocycles. The van der Waals surface area contributed by atoms with E-state index >= 15 is 0 Å². The molecule has 0 atom stereocenters. The number of sulfonamides is 1. The van der Waals surface area contributed by atoms with E-state index < -0.39 is 15.6 Å². The molecule has 114 valence electrons. The van der Waals surface area contributed by atoms with Gasteiger partial charge in [-0.1, -0.05) is 31.0 Å². The average Bonchev–Trinajstić information content (AvgIpc) is 3.03. The first-order valence-corrected chi connectivity index (χ1v) is 8.99. The molecule has 5 nitrogen and oxygen atoms in total. The number of hydrogen-bond acceptors (Lipinski definition) is 3. The molecule has 2 fully saturated rings. The number of carbonyl (C=O) groups is 1. The van der Waals surface area contributed by atoms with Crippen LogP contribution in [0.25, 0.3) is 0 Å². The summed E-state index contributed by atoms with van der Waals surface area (Å²) in [6.45, 7) is 4.04. The van der Waals surface area contributed by atoms with E-state index in [1.807, 2.05) is 0 Å². The molecule has 0 aromatic rings. The van der Waals surface area contributed by atoms with Gasteiger partial charge >= 0.3 is 0 Å². The molecular weight excluding hydrogens is 300 g/mol. The van der Waals surface area contributed by atoms with E-state index in [2.05, 4.69) is 16.6 Å². The SMILES string of the molecule is C=C(Cl)CS(=O)(=O)NC1(C(=O)NCC2CC2)CCCC1. The minimum Gasteiger partial charge on any atom is -0.354 e. The van der Waals surface area contributed by atoms with Crippen molar-refractivity contribution < 1.29 is 13.2 Å². The predicted octanol–water partition coefficient (Wildman–Crippen LogP) is 1.50. The zero-order valence-corrected chi connectivity index (χ0v) is 13.0. The van der Waals surface area contributed by atoms with Crippen molar-refractivity contribution >= 4 is 27.5 Å². The van der Waals surface area contributed by atoms with E-state index in [0.717, 1.165) is 25.7 Å². The third-order valence-electron chi connectivity index (χ3n) is 3.84. The Kier molecular flexibility index (Phi) is 4.76. The lowest BCUT2D eigenvalue weighted by Gasteiger charge is -2.28. The maximum Gasteiger partial charge on any atom is 0.241 e. The van der Waals surface area contributed by atoms with Crippen LogP contribution in [0.4, 0.5) is 0 Å². The molecular formula is C13H21ClN2O3S. The maximum absolute atomic E-state index is 12.4. The second kappa shape index (κ2) is 6.03. The lowest BCUT2D eigenvalue weighted by Crippen LogP contribution is -2.57. The molecule has 0 unspecified atom stereocenters. The first-order valence-electron chi connectivity index (χ1n) is 6.96. The first-order chi connectivity index (χ1) is 9.33. The minimum absolute atomic E-state index is 0.0454. The number of halogens is 1. The van der Waals surface area contributed by atoms with E-state index in [4.69, 9.17) is 11.6 Å². The summed E-state index contributed by atoms with van der Waals surface area (Å²) in [4.78, 5) is 12.4. The average molecular weight is 321 g/mol. The second-order valence-corrected chi connectivity index (χ2v) is 8.08. The van der Waals surface area contributed by atoms with Crippen molar-refractivity contribution in [1.82, 2.24) is 10.0 Å². The number of rotatable bonds is 7. The Labute approximate surface area is 125 Å². The standard InChI is InChI=1S/C13H21ClN2O3S/c1-10(14)9-20(18,19)16-13(6-2-3-7-13)12(17)15-8-11-4-5-11/h11,16H,1-9H2,(H,15,17). The van der Waals surface area contributed by atoms with Crippen LogP contribution in [-0.2, 0) is 14.8 Å². The molecule has 2 aliphatic rings. The predicted molar refractivity (Wildman–Crippen MR) is 78.8 cm³/mol. The third-order valence-corrected chi connectivity index (χ3v) is 5.56.